The summed E-state index contributed by atoms with van der Waals surface area (Å²) in [5.41, 5.74) is 17.5. The van der Waals surface area contributed by atoms with E-state index in [9.17, 15) is 0 Å². The number of nitrogens with zero attached hydrogens (tertiary/aromatic N) is 1. The molecule has 5 N–H and O–H groups in total. The van der Waals surface area contributed by atoms with Gasteiger partial charge in [-0.05, 0) is 54.3 Å². The molecule has 1 unspecified atom stereocenters. The number of nitrogens with one attached hydrogen (secondary N) is 3. The number of hydrogen-bond acceptors (Lipinski definition) is 6. The third kappa shape index (κ3) is 4.25. The number of hydrazine groups is 1. The average Bonchev–Trinajstić information content (AvgIpc) is 3.29. The SMILES string of the molecule is CC1NNc2ccc(-c3cnc(NC[C@@H](N)Cc4ccc(Cl)cc4)s3)cc21. The van der Waals surface area contributed by atoms with Crippen LogP contribution in [0.3, 0.4) is 0 Å². The summed E-state index contributed by atoms with van der Waals surface area (Å²) in [7, 11) is 0. The Morgan fingerprint density at radius 1 is 1.26 bits per heavy atom. The Bertz CT molecular complexity index is 924. The molecule has 5 nitrogen and oxygen atoms in total. The molecule has 0 aliphatic carbocycles. The molecular formula is C20H22ClN5S. The van der Waals surface area contributed by atoms with Gasteiger partial charge >= 0.3 is 0 Å². The molecule has 27 heavy (non-hydrogen) atoms. The average molecular weight is 400 g/mol. The lowest BCUT2D eigenvalue weighted by molar-refractivity contribution is 0.687. The van der Waals surface area contributed by atoms with E-state index in [0.29, 0.717) is 12.6 Å². The van der Waals surface area contributed by atoms with Gasteiger partial charge in [-0.3, -0.25) is 0 Å². The summed E-state index contributed by atoms with van der Waals surface area (Å²) >= 11 is 7.57. The number of aromatic nitrogens is 1. The van der Waals surface area contributed by atoms with Crippen LogP contribution in [-0.2, 0) is 6.42 Å². The normalized spacial score (nSPS) is 16.6. The lowest BCUT2D eigenvalue weighted by Crippen LogP contribution is -2.31. The fourth-order valence-corrected chi connectivity index (χ4v) is 4.10. The Morgan fingerprint density at radius 3 is 2.89 bits per heavy atom. The van der Waals surface area contributed by atoms with Gasteiger partial charge < -0.3 is 16.5 Å². The van der Waals surface area contributed by atoms with Crippen molar-refractivity contribution in [3.63, 3.8) is 0 Å². The molecule has 1 aliphatic heterocycles. The van der Waals surface area contributed by atoms with E-state index in [1.807, 2.05) is 30.5 Å². The quantitative estimate of drug-likeness (QED) is 0.493. The Morgan fingerprint density at radius 2 is 2.07 bits per heavy atom. The number of fused-ring (bicyclic) bond motifs is 1. The molecule has 2 atom stereocenters. The third-order valence-corrected chi connectivity index (χ3v) is 5.91. The minimum Gasteiger partial charge on any atom is -0.360 e. The minimum absolute atomic E-state index is 0.0107. The van der Waals surface area contributed by atoms with Crippen molar-refractivity contribution in [2.24, 2.45) is 5.73 Å². The Labute approximate surface area is 167 Å². The second kappa shape index (κ2) is 7.86. The molecule has 1 aromatic heterocycles. The minimum atomic E-state index is 0.0107. The molecule has 0 bridgehead atoms. The molecule has 1 aliphatic rings. The van der Waals surface area contributed by atoms with Crippen molar-refractivity contribution >= 4 is 33.8 Å². The standard InChI is InChI=1S/C20H22ClN5S/c1-12-17-9-14(4-7-18(17)26-25-12)19-11-24-20(27-19)23-10-16(22)8-13-2-5-15(21)6-3-13/h2-7,9,11-12,16,25-26H,8,10,22H2,1H3,(H,23,24)/t12?,16-/m0/s1. The smallest absolute Gasteiger partial charge is 0.183 e. The maximum atomic E-state index is 6.25. The lowest BCUT2D eigenvalue weighted by atomic mass is 10.0. The van der Waals surface area contributed by atoms with Crippen molar-refractivity contribution in [2.45, 2.75) is 25.4 Å². The van der Waals surface area contributed by atoms with Crippen LogP contribution in [0, 0.1) is 0 Å². The van der Waals surface area contributed by atoms with Crippen LogP contribution in [-0.4, -0.2) is 17.6 Å². The molecule has 7 heteroatoms. The molecule has 0 spiro atoms. The predicted molar refractivity (Wildman–Crippen MR) is 114 cm³/mol. The number of rotatable bonds is 6. The first-order valence-corrected chi connectivity index (χ1v) is 10.1. The largest absolute Gasteiger partial charge is 0.360 e. The Balaban J connectivity index is 1.37. The number of anilines is 2. The highest BCUT2D eigenvalue weighted by atomic mass is 35.5. The summed E-state index contributed by atoms with van der Waals surface area (Å²) < 4.78 is 0. The summed E-state index contributed by atoms with van der Waals surface area (Å²) in [6, 6.07) is 14.6. The van der Waals surface area contributed by atoms with Crippen LogP contribution < -0.4 is 21.9 Å². The van der Waals surface area contributed by atoms with Gasteiger partial charge in [0.25, 0.3) is 0 Å². The topological polar surface area (TPSA) is 75.0 Å². The van der Waals surface area contributed by atoms with Gasteiger partial charge in [0.2, 0.25) is 0 Å². The molecule has 2 heterocycles. The molecule has 2 aromatic carbocycles. The van der Waals surface area contributed by atoms with Crippen LogP contribution in [0.1, 0.15) is 24.1 Å². The first-order chi connectivity index (χ1) is 13.1. The van der Waals surface area contributed by atoms with Gasteiger partial charge in [0.1, 0.15) is 0 Å². The molecule has 4 rings (SSSR count). The van der Waals surface area contributed by atoms with Crippen LogP contribution in [0.5, 0.6) is 0 Å². The van der Waals surface area contributed by atoms with Gasteiger partial charge in [0, 0.05) is 23.8 Å². The first kappa shape index (κ1) is 18.3. The monoisotopic (exact) mass is 399 g/mol. The third-order valence-electron chi connectivity index (χ3n) is 4.66. The second-order valence-electron chi connectivity index (χ2n) is 6.79. The molecule has 0 amide bonds. The molecular weight excluding hydrogens is 378 g/mol. The summed E-state index contributed by atoms with van der Waals surface area (Å²) in [6.45, 7) is 2.81. The van der Waals surface area contributed by atoms with Crippen molar-refractivity contribution < 1.29 is 0 Å². The highest BCUT2D eigenvalue weighted by Gasteiger charge is 2.18. The second-order valence-corrected chi connectivity index (χ2v) is 8.26. The fraction of sp³-hybridized carbons (Fsp3) is 0.250. The molecule has 0 saturated carbocycles. The summed E-state index contributed by atoms with van der Waals surface area (Å²) in [5.74, 6) is 0. The van der Waals surface area contributed by atoms with Crippen LogP contribution in [0.2, 0.25) is 5.02 Å². The predicted octanol–water partition coefficient (Wildman–Crippen LogP) is 4.44. The van der Waals surface area contributed by atoms with Crippen molar-refractivity contribution in [1.29, 1.82) is 0 Å². The first-order valence-electron chi connectivity index (χ1n) is 8.94. The fourth-order valence-electron chi connectivity index (χ4n) is 3.15. The van der Waals surface area contributed by atoms with Crippen molar-refractivity contribution in [1.82, 2.24) is 10.4 Å². The van der Waals surface area contributed by atoms with Gasteiger partial charge in [0.05, 0.1) is 16.6 Å². The van der Waals surface area contributed by atoms with Crippen molar-refractivity contribution in [2.75, 3.05) is 17.3 Å². The van der Waals surface area contributed by atoms with Gasteiger partial charge in [-0.1, -0.05) is 41.1 Å². The van der Waals surface area contributed by atoms with Crippen LogP contribution in [0.25, 0.3) is 10.4 Å². The molecule has 3 aromatic rings. The maximum absolute atomic E-state index is 6.25. The summed E-state index contributed by atoms with van der Waals surface area (Å²) in [4.78, 5) is 5.64. The lowest BCUT2D eigenvalue weighted by Gasteiger charge is -2.12. The Kier molecular flexibility index (Phi) is 5.31. The maximum Gasteiger partial charge on any atom is 0.183 e. The van der Waals surface area contributed by atoms with Crippen molar-refractivity contribution in [3.05, 3.63) is 64.8 Å². The van der Waals surface area contributed by atoms with E-state index in [2.05, 4.69) is 46.3 Å². The van der Waals surface area contributed by atoms with E-state index in [1.54, 1.807) is 11.3 Å². The summed E-state index contributed by atoms with van der Waals surface area (Å²) in [6.07, 6.45) is 2.71. The van der Waals surface area contributed by atoms with Gasteiger partial charge in [-0.2, -0.15) is 0 Å². The van der Waals surface area contributed by atoms with Gasteiger partial charge in [-0.15, -0.1) is 0 Å². The van der Waals surface area contributed by atoms with Crippen LogP contribution >= 0.6 is 22.9 Å². The Hall–Kier alpha value is -2.12. The molecule has 140 valence electrons. The zero-order valence-corrected chi connectivity index (χ0v) is 16.6. The number of halogens is 1. The van der Waals surface area contributed by atoms with E-state index in [4.69, 9.17) is 17.3 Å². The highest BCUT2D eigenvalue weighted by Crippen LogP contribution is 2.35. The number of thiazole rings is 1. The van der Waals surface area contributed by atoms with Gasteiger partial charge in [-0.25, -0.2) is 10.4 Å². The number of benzene rings is 2. The number of nitrogens with two attached hydrogens (primary N) is 1. The van der Waals surface area contributed by atoms with Crippen LogP contribution in [0.4, 0.5) is 10.8 Å². The zero-order valence-electron chi connectivity index (χ0n) is 15.0. The zero-order chi connectivity index (χ0) is 18.8. The van der Waals surface area contributed by atoms with E-state index < -0.39 is 0 Å². The van der Waals surface area contributed by atoms with Gasteiger partial charge in [0.15, 0.2) is 5.13 Å². The highest BCUT2D eigenvalue weighted by molar-refractivity contribution is 7.18. The van der Waals surface area contributed by atoms with Crippen LogP contribution in [0.15, 0.2) is 48.7 Å². The van der Waals surface area contributed by atoms with Crippen molar-refractivity contribution in [3.8, 4) is 10.4 Å². The van der Waals surface area contributed by atoms with E-state index in [0.717, 1.165) is 27.1 Å². The number of hydrogen-bond donors (Lipinski definition) is 4. The molecule has 0 fully saturated rings. The molecule has 0 radical (unpaired) electrons. The summed E-state index contributed by atoms with van der Waals surface area (Å²) in [5, 5.41) is 4.99. The molecule has 0 saturated heterocycles. The van der Waals surface area contributed by atoms with E-state index in [1.165, 1.54) is 16.7 Å². The van der Waals surface area contributed by atoms with E-state index >= 15 is 0 Å². The van der Waals surface area contributed by atoms with E-state index in [-0.39, 0.29) is 6.04 Å².